The smallest absolute Gasteiger partial charge is 0.374 e. The Morgan fingerprint density at radius 2 is 1.54 bits per heavy atom. The van der Waals surface area contributed by atoms with Gasteiger partial charge in [-0.25, -0.2) is 4.79 Å². The summed E-state index contributed by atoms with van der Waals surface area (Å²) in [5.41, 5.74) is 4.99. The Hall–Kier alpha value is -2.82. The third-order valence-electron chi connectivity index (χ3n) is 10.0. The molecule has 37 heavy (non-hydrogen) atoms. The molecule has 2 aromatic carbocycles. The maximum absolute atomic E-state index is 13.2. The van der Waals surface area contributed by atoms with E-state index in [-0.39, 0.29) is 29.3 Å². The highest BCUT2D eigenvalue weighted by molar-refractivity contribution is 6.33. The fourth-order valence-corrected chi connectivity index (χ4v) is 7.42. The highest BCUT2D eigenvalue weighted by Crippen LogP contribution is 2.69. The number of ether oxygens (including phenoxy) is 3. The molecule has 2 aromatic rings. The molecule has 0 spiro atoms. The molecule has 4 rings (SSSR count). The van der Waals surface area contributed by atoms with Crippen molar-refractivity contribution in [3.8, 4) is 11.5 Å². The van der Waals surface area contributed by atoms with Gasteiger partial charge in [-0.15, -0.1) is 0 Å². The minimum atomic E-state index is -0.708. The van der Waals surface area contributed by atoms with E-state index in [1.165, 1.54) is 5.56 Å². The minimum absolute atomic E-state index is 0.0426. The first-order valence-corrected chi connectivity index (χ1v) is 13.5. The number of ketones is 1. The van der Waals surface area contributed by atoms with E-state index in [2.05, 4.69) is 45.0 Å². The van der Waals surface area contributed by atoms with Gasteiger partial charge < -0.3 is 14.2 Å². The number of Topliss-reactive ketones (excluding diaryl/α,β-unsaturated/α-hetero) is 1. The van der Waals surface area contributed by atoms with Gasteiger partial charge in [-0.05, 0) is 80.0 Å². The third kappa shape index (κ3) is 4.45. The summed E-state index contributed by atoms with van der Waals surface area (Å²) in [6, 6.07) is 10.4. The fourth-order valence-electron chi connectivity index (χ4n) is 7.42. The number of carbonyl (C=O) groups is 2. The second-order valence-electron chi connectivity index (χ2n) is 11.8. The number of hydrogen-bond donors (Lipinski definition) is 0. The molecule has 2 aliphatic carbocycles. The molecule has 5 heteroatoms. The molecule has 2 saturated carbocycles. The average molecular weight is 507 g/mol. The van der Waals surface area contributed by atoms with Crippen LogP contribution in [0.2, 0.25) is 0 Å². The van der Waals surface area contributed by atoms with Crippen molar-refractivity contribution >= 4 is 11.8 Å². The van der Waals surface area contributed by atoms with Gasteiger partial charge in [0, 0.05) is 23.3 Å². The van der Waals surface area contributed by atoms with E-state index in [1.54, 1.807) is 14.2 Å². The molecule has 5 nitrogen and oxygen atoms in total. The van der Waals surface area contributed by atoms with Gasteiger partial charge in [0.05, 0.1) is 14.2 Å². The molecule has 0 radical (unpaired) electrons. The lowest BCUT2D eigenvalue weighted by Gasteiger charge is -2.39. The molecular weight excluding hydrogens is 464 g/mol. The van der Waals surface area contributed by atoms with Crippen LogP contribution in [0.1, 0.15) is 67.9 Å². The lowest BCUT2D eigenvalue weighted by atomic mass is 9.70. The second kappa shape index (κ2) is 10.2. The van der Waals surface area contributed by atoms with Crippen LogP contribution < -0.4 is 9.47 Å². The standard InChI is InChI=1S/C32H42O5/c1-19-20(2)28(36-8)23(21(3)27(19)35-7)14-15-26(33)30(34)37-29-24(18-22-12-10-9-11-13-22)25-16-17-32(29,6)31(25,4)5/h9-13,24-25,29H,14-18H2,1-8H3/t24-,25-,29?,32?/m1/s1. The Balaban J connectivity index is 1.52. The maximum atomic E-state index is 13.2. The van der Waals surface area contributed by atoms with Crippen LogP contribution >= 0.6 is 0 Å². The summed E-state index contributed by atoms with van der Waals surface area (Å²) in [4.78, 5) is 26.3. The molecule has 2 unspecified atom stereocenters. The number of methoxy groups -OCH3 is 2. The van der Waals surface area contributed by atoms with Crippen LogP contribution in [0.5, 0.6) is 11.5 Å². The first kappa shape index (κ1) is 27.2. The molecule has 4 atom stereocenters. The number of hydrogen-bond acceptors (Lipinski definition) is 5. The Bertz CT molecular complexity index is 1180. The Kier molecular flexibility index (Phi) is 7.47. The van der Waals surface area contributed by atoms with Crippen LogP contribution in [-0.4, -0.2) is 32.1 Å². The predicted molar refractivity (Wildman–Crippen MR) is 145 cm³/mol. The van der Waals surface area contributed by atoms with Crippen molar-refractivity contribution in [3.05, 3.63) is 58.1 Å². The van der Waals surface area contributed by atoms with E-state index in [9.17, 15) is 9.59 Å². The summed E-state index contributed by atoms with van der Waals surface area (Å²) in [5, 5.41) is 0. The van der Waals surface area contributed by atoms with Gasteiger partial charge in [0.2, 0.25) is 5.78 Å². The van der Waals surface area contributed by atoms with Gasteiger partial charge in [0.15, 0.2) is 0 Å². The highest BCUT2D eigenvalue weighted by Gasteiger charge is 2.67. The van der Waals surface area contributed by atoms with Crippen LogP contribution in [0.15, 0.2) is 30.3 Å². The molecule has 0 aliphatic heterocycles. The van der Waals surface area contributed by atoms with Crippen molar-refractivity contribution in [1.82, 2.24) is 0 Å². The van der Waals surface area contributed by atoms with Crippen LogP contribution in [-0.2, 0) is 27.2 Å². The van der Waals surface area contributed by atoms with Gasteiger partial charge in [-0.1, -0.05) is 51.1 Å². The lowest BCUT2D eigenvalue weighted by Crippen LogP contribution is -2.42. The Morgan fingerprint density at radius 1 is 0.919 bits per heavy atom. The molecule has 2 fully saturated rings. The van der Waals surface area contributed by atoms with Crippen LogP contribution in [0.4, 0.5) is 0 Å². The second-order valence-corrected chi connectivity index (χ2v) is 11.8. The van der Waals surface area contributed by atoms with Crippen molar-refractivity contribution in [3.63, 3.8) is 0 Å². The molecule has 2 aliphatic rings. The topological polar surface area (TPSA) is 61.8 Å². The predicted octanol–water partition coefficient (Wildman–Crippen LogP) is 6.36. The third-order valence-corrected chi connectivity index (χ3v) is 10.0. The van der Waals surface area contributed by atoms with E-state index in [1.807, 2.05) is 26.8 Å². The first-order valence-electron chi connectivity index (χ1n) is 13.5. The molecule has 2 bridgehead atoms. The quantitative estimate of drug-likeness (QED) is 0.293. The van der Waals surface area contributed by atoms with Crippen molar-refractivity contribution < 1.29 is 23.8 Å². The maximum Gasteiger partial charge on any atom is 0.374 e. The summed E-state index contributed by atoms with van der Waals surface area (Å²) >= 11 is 0. The average Bonchev–Trinajstić information content (AvgIpc) is 3.19. The van der Waals surface area contributed by atoms with Gasteiger partial charge in [-0.2, -0.15) is 0 Å². The van der Waals surface area contributed by atoms with Gasteiger partial charge in [0.25, 0.3) is 0 Å². The summed E-state index contributed by atoms with van der Waals surface area (Å²) < 4.78 is 17.5. The minimum Gasteiger partial charge on any atom is -0.496 e. The molecule has 0 heterocycles. The molecular formula is C32H42O5. The van der Waals surface area contributed by atoms with E-state index >= 15 is 0 Å². The normalized spacial score (nSPS) is 25.7. The van der Waals surface area contributed by atoms with Crippen molar-refractivity contribution in [2.45, 2.75) is 79.8 Å². The molecule has 0 amide bonds. The van der Waals surface area contributed by atoms with E-state index in [0.717, 1.165) is 53.0 Å². The molecule has 0 aromatic heterocycles. The number of benzene rings is 2. The van der Waals surface area contributed by atoms with Crippen molar-refractivity contribution in [2.24, 2.45) is 22.7 Å². The SMILES string of the molecule is COc1c(C)c(C)c(OC)c(CCC(=O)C(=O)OC2[C@H](Cc3ccccc3)[C@H]3CCC2(C)C3(C)C)c1C. The largest absolute Gasteiger partial charge is 0.496 e. The van der Waals surface area contributed by atoms with E-state index in [4.69, 9.17) is 14.2 Å². The van der Waals surface area contributed by atoms with Crippen LogP contribution in [0.3, 0.4) is 0 Å². The summed E-state index contributed by atoms with van der Waals surface area (Å²) in [6.45, 7) is 12.8. The number of rotatable bonds is 9. The summed E-state index contributed by atoms with van der Waals surface area (Å²) in [7, 11) is 3.29. The first-order chi connectivity index (χ1) is 17.5. The number of esters is 1. The zero-order valence-corrected chi connectivity index (χ0v) is 23.7. The zero-order valence-electron chi connectivity index (χ0n) is 23.7. The summed E-state index contributed by atoms with van der Waals surface area (Å²) in [5.74, 6) is 1.02. The highest BCUT2D eigenvalue weighted by atomic mass is 16.6. The Morgan fingerprint density at radius 3 is 2.16 bits per heavy atom. The van der Waals surface area contributed by atoms with E-state index in [0.29, 0.717) is 12.3 Å². The lowest BCUT2D eigenvalue weighted by molar-refractivity contribution is -0.166. The van der Waals surface area contributed by atoms with Gasteiger partial charge in [0.1, 0.15) is 17.6 Å². The molecule has 0 saturated heterocycles. The van der Waals surface area contributed by atoms with Gasteiger partial charge >= 0.3 is 5.97 Å². The fraction of sp³-hybridized carbons (Fsp3) is 0.562. The Labute approximate surface area is 221 Å². The van der Waals surface area contributed by atoms with Crippen LogP contribution in [0.25, 0.3) is 0 Å². The van der Waals surface area contributed by atoms with Crippen molar-refractivity contribution in [2.75, 3.05) is 14.2 Å². The van der Waals surface area contributed by atoms with Crippen molar-refractivity contribution in [1.29, 1.82) is 0 Å². The van der Waals surface area contributed by atoms with Crippen LogP contribution in [0, 0.1) is 43.4 Å². The number of fused-ring (bicyclic) bond motifs is 2. The zero-order chi connectivity index (χ0) is 27.1. The van der Waals surface area contributed by atoms with Gasteiger partial charge in [-0.3, -0.25) is 4.79 Å². The van der Waals surface area contributed by atoms with E-state index < -0.39 is 11.8 Å². The number of carbonyl (C=O) groups excluding carboxylic acids is 2. The summed E-state index contributed by atoms with van der Waals surface area (Å²) in [6.07, 6.45) is 3.20. The molecule has 200 valence electrons. The molecule has 0 N–H and O–H groups in total. The monoisotopic (exact) mass is 506 g/mol.